The van der Waals surface area contributed by atoms with Crippen LogP contribution in [-0.4, -0.2) is 50.3 Å². The molecule has 214 valence electrons. The van der Waals surface area contributed by atoms with Crippen LogP contribution >= 0.6 is 23.6 Å². The summed E-state index contributed by atoms with van der Waals surface area (Å²) < 4.78 is 43.5. The number of aromatic nitrogens is 2. The van der Waals surface area contributed by atoms with Gasteiger partial charge in [-0.3, -0.25) is 4.72 Å². The number of thiocarbonyl (C=S) groups is 1. The topological polar surface area (TPSA) is 141 Å². The summed E-state index contributed by atoms with van der Waals surface area (Å²) in [5, 5.41) is 6.85. The monoisotopic (exact) mass is 613 g/mol. The first kappa shape index (κ1) is 29.7. The molecular formula is C27H27N5O6S3. The quantitative estimate of drug-likeness (QED) is 0.157. The molecule has 2 heterocycles. The highest BCUT2D eigenvalue weighted by Gasteiger charge is 2.20. The van der Waals surface area contributed by atoms with Gasteiger partial charge >= 0.3 is 12.0 Å². The van der Waals surface area contributed by atoms with Gasteiger partial charge in [-0.1, -0.05) is 30.3 Å². The number of hydrogen-bond acceptors (Lipinski definition) is 10. The number of hydrogen-bond donors (Lipinski definition) is 3. The molecule has 4 aromatic rings. The van der Waals surface area contributed by atoms with Crippen molar-refractivity contribution in [2.24, 2.45) is 0 Å². The van der Waals surface area contributed by atoms with Crippen LogP contribution in [0.15, 0.2) is 71.6 Å². The van der Waals surface area contributed by atoms with Crippen molar-refractivity contribution < 1.29 is 27.4 Å². The van der Waals surface area contributed by atoms with E-state index in [0.717, 1.165) is 10.4 Å². The van der Waals surface area contributed by atoms with E-state index in [0.29, 0.717) is 22.7 Å². The number of carbonyl (C=O) groups is 1. The molecule has 0 bridgehead atoms. The molecule has 0 saturated heterocycles. The molecule has 41 heavy (non-hydrogen) atoms. The van der Waals surface area contributed by atoms with Crippen molar-refractivity contribution in [3.05, 3.63) is 82.7 Å². The van der Waals surface area contributed by atoms with Crippen LogP contribution in [0.3, 0.4) is 0 Å². The average Bonchev–Trinajstić information content (AvgIpc) is 3.35. The minimum absolute atomic E-state index is 0.00752. The fourth-order valence-electron chi connectivity index (χ4n) is 3.61. The van der Waals surface area contributed by atoms with Gasteiger partial charge in [0.15, 0.2) is 10.9 Å². The summed E-state index contributed by atoms with van der Waals surface area (Å²) in [5.41, 5.74) is 2.03. The first-order valence-electron chi connectivity index (χ1n) is 12.2. The maximum absolute atomic E-state index is 12.9. The Balaban J connectivity index is 1.45. The molecule has 2 aromatic carbocycles. The van der Waals surface area contributed by atoms with Crippen LogP contribution in [0.1, 0.15) is 27.7 Å². The van der Waals surface area contributed by atoms with Crippen LogP contribution in [0.5, 0.6) is 11.9 Å². The third kappa shape index (κ3) is 7.90. The Morgan fingerprint density at radius 2 is 1.71 bits per heavy atom. The Morgan fingerprint density at radius 3 is 2.37 bits per heavy atom. The molecule has 0 aliphatic carbocycles. The number of nitrogens with one attached hydrogen (secondary N) is 3. The van der Waals surface area contributed by atoms with Crippen LogP contribution in [0.2, 0.25) is 0 Å². The van der Waals surface area contributed by atoms with E-state index in [9.17, 15) is 13.2 Å². The Hall–Kier alpha value is -4.27. The standard InChI is InChI=1S/C27H27N5O6S3/c1-4-38-25(33)21-15-19(14-17-8-6-5-7-9-17)40-24(21)31-27(39)28-18-10-12-20(13-11-18)41(34,35)32-22-16-23(36-2)30-26(29-22)37-3/h5-13,15-16H,4,14H2,1-3H3,(H2,28,31,39)(H,29,30,32). The van der Waals surface area contributed by atoms with E-state index < -0.39 is 16.0 Å². The highest BCUT2D eigenvalue weighted by atomic mass is 32.2. The first-order chi connectivity index (χ1) is 19.7. The average molecular weight is 614 g/mol. The zero-order valence-corrected chi connectivity index (χ0v) is 24.8. The number of thiophene rings is 1. The number of rotatable bonds is 11. The van der Waals surface area contributed by atoms with Crippen molar-refractivity contribution in [1.82, 2.24) is 9.97 Å². The lowest BCUT2D eigenvalue weighted by molar-refractivity contribution is 0.0528. The number of esters is 1. The van der Waals surface area contributed by atoms with Crippen LogP contribution < -0.4 is 24.8 Å². The van der Waals surface area contributed by atoms with E-state index in [1.165, 1.54) is 43.8 Å². The van der Waals surface area contributed by atoms with Gasteiger partial charge in [-0.05, 0) is 55.0 Å². The van der Waals surface area contributed by atoms with E-state index in [2.05, 4.69) is 25.3 Å². The first-order valence-corrected chi connectivity index (χ1v) is 14.9. The van der Waals surface area contributed by atoms with Gasteiger partial charge in [-0.25, -0.2) is 13.2 Å². The van der Waals surface area contributed by atoms with E-state index in [-0.39, 0.29) is 34.3 Å². The predicted octanol–water partition coefficient (Wildman–Crippen LogP) is 4.93. The van der Waals surface area contributed by atoms with E-state index in [1.807, 2.05) is 30.3 Å². The molecule has 0 aliphatic rings. The second kappa shape index (κ2) is 13.4. The number of ether oxygens (including phenoxy) is 3. The van der Waals surface area contributed by atoms with E-state index >= 15 is 0 Å². The van der Waals surface area contributed by atoms with Gasteiger partial charge in [0.25, 0.3) is 10.0 Å². The molecule has 3 N–H and O–H groups in total. The van der Waals surface area contributed by atoms with Gasteiger partial charge in [-0.2, -0.15) is 9.97 Å². The molecule has 0 amide bonds. The van der Waals surface area contributed by atoms with Gasteiger partial charge in [0.05, 0.1) is 31.3 Å². The van der Waals surface area contributed by atoms with Crippen molar-refractivity contribution in [3.63, 3.8) is 0 Å². The second-order valence-electron chi connectivity index (χ2n) is 8.33. The summed E-state index contributed by atoms with van der Waals surface area (Å²) in [4.78, 5) is 21.5. The van der Waals surface area contributed by atoms with Gasteiger partial charge in [0.2, 0.25) is 5.88 Å². The Kier molecular flexibility index (Phi) is 9.70. The van der Waals surface area contributed by atoms with Gasteiger partial charge in [0.1, 0.15) is 5.00 Å². The fraction of sp³-hybridized carbons (Fsp3) is 0.185. The summed E-state index contributed by atoms with van der Waals surface area (Å²) in [6.07, 6.45) is 0.651. The van der Waals surface area contributed by atoms with Crippen molar-refractivity contribution in [2.75, 3.05) is 36.2 Å². The third-order valence-corrected chi connectivity index (χ3v) is 8.09. The highest BCUT2D eigenvalue weighted by molar-refractivity contribution is 7.92. The Labute approximate surface area is 247 Å². The molecule has 0 spiro atoms. The highest BCUT2D eigenvalue weighted by Crippen LogP contribution is 2.31. The molecule has 0 radical (unpaired) electrons. The minimum atomic E-state index is -3.98. The molecule has 11 nitrogen and oxygen atoms in total. The summed E-state index contributed by atoms with van der Waals surface area (Å²) in [7, 11) is -1.23. The zero-order valence-electron chi connectivity index (χ0n) is 22.3. The maximum atomic E-state index is 12.9. The molecular weight excluding hydrogens is 587 g/mol. The number of anilines is 3. The maximum Gasteiger partial charge on any atom is 0.341 e. The minimum Gasteiger partial charge on any atom is -0.481 e. The molecule has 0 atom stereocenters. The van der Waals surface area contributed by atoms with Crippen molar-refractivity contribution in [2.45, 2.75) is 18.2 Å². The summed E-state index contributed by atoms with van der Waals surface area (Å²) >= 11 is 6.88. The number of sulfonamides is 1. The van der Waals surface area contributed by atoms with Crippen molar-refractivity contribution in [1.29, 1.82) is 0 Å². The van der Waals surface area contributed by atoms with Crippen LogP contribution in [0.4, 0.5) is 16.5 Å². The van der Waals surface area contributed by atoms with Gasteiger partial charge in [0, 0.05) is 23.1 Å². The van der Waals surface area contributed by atoms with Crippen molar-refractivity contribution in [3.8, 4) is 11.9 Å². The lowest BCUT2D eigenvalue weighted by Gasteiger charge is -2.12. The summed E-state index contributed by atoms with van der Waals surface area (Å²) in [6, 6.07) is 18.9. The molecule has 0 unspecified atom stereocenters. The SMILES string of the molecule is CCOC(=O)c1cc(Cc2ccccc2)sc1NC(=S)Nc1ccc(S(=O)(=O)Nc2cc(OC)nc(OC)n2)cc1. The van der Waals surface area contributed by atoms with Crippen LogP contribution in [0.25, 0.3) is 0 Å². The summed E-state index contributed by atoms with van der Waals surface area (Å²) in [6.45, 7) is 1.99. The lowest BCUT2D eigenvalue weighted by atomic mass is 10.1. The molecule has 0 fully saturated rings. The number of methoxy groups -OCH3 is 2. The third-order valence-electron chi connectivity index (χ3n) is 5.46. The van der Waals surface area contributed by atoms with Crippen LogP contribution in [-0.2, 0) is 21.2 Å². The van der Waals surface area contributed by atoms with Crippen molar-refractivity contribution >= 4 is 61.2 Å². The zero-order chi connectivity index (χ0) is 29.4. The fourth-order valence-corrected chi connectivity index (χ4v) is 5.97. The second-order valence-corrected chi connectivity index (χ2v) is 11.6. The normalized spacial score (nSPS) is 10.9. The predicted molar refractivity (Wildman–Crippen MR) is 162 cm³/mol. The molecule has 0 aliphatic heterocycles. The van der Waals surface area contributed by atoms with Gasteiger partial charge < -0.3 is 24.8 Å². The Morgan fingerprint density at radius 1 is 0.976 bits per heavy atom. The smallest absolute Gasteiger partial charge is 0.341 e. The molecule has 2 aromatic heterocycles. The van der Waals surface area contributed by atoms with E-state index in [1.54, 1.807) is 25.1 Å². The van der Waals surface area contributed by atoms with Gasteiger partial charge in [-0.15, -0.1) is 11.3 Å². The largest absolute Gasteiger partial charge is 0.481 e. The van der Waals surface area contributed by atoms with E-state index in [4.69, 9.17) is 26.4 Å². The number of nitrogens with zero attached hydrogens (tertiary/aromatic N) is 2. The lowest BCUT2D eigenvalue weighted by Crippen LogP contribution is -2.20. The molecule has 4 rings (SSSR count). The molecule has 0 saturated carbocycles. The molecule has 14 heteroatoms. The number of carbonyl (C=O) groups excluding carboxylic acids is 1. The van der Waals surface area contributed by atoms with Crippen LogP contribution in [0, 0.1) is 0 Å². The summed E-state index contributed by atoms with van der Waals surface area (Å²) in [5.74, 6) is -0.324. The number of benzene rings is 2. The Bertz CT molecular complexity index is 1600.